The third kappa shape index (κ3) is 13.4. The van der Waals surface area contributed by atoms with Crippen molar-refractivity contribution in [2.24, 2.45) is 0 Å². The van der Waals surface area contributed by atoms with Crippen molar-refractivity contribution < 1.29 is 178 Å². The van der Waals surface area contributed by atoms with E-state index >= 15 is 0 Å². The van der Waals surface area contributed by atoms with Gasteiger partial charge in [-0.2, -0.15) is 4.65 Å². The van der Waals surface area contributed by atoms with E-state index in [1.54, 1.807) is 21.0 Å². The van der Waals surface area contributed by atoms with Crippen molar-refractivity contribution in [3.8, 4) is 0 Å². The van der Waals surface area contributed by atoms with Gasteiger partial charge < -0.3 is 168 Å². The molecule has 21 rings (SSSR count). The van der Waals surface area contributed by atoms with Crippen molar-refractivity contribution in [2.45, 2.75) is 222 Å². The molecule has 14 bridgehead atoms. The zero-order valence-corrected chi connectivity index (χ0v) is 44.4. The summed E-state index contributed by atoms with van der Waals surface area (Å²) in [7, 11) is 3.27. The molecule has 0 aromatic rings. The zero-order valence-electron chi connectivity index (χ0n) is 44.4. The highest BCUT2D eigenvalue weighted by Crippen LogP contribution is 2.39. The predicted molar refractivity (Wildman–Crippen MR) is 250 cm³/mol. The normalized spacial score (nSPS) is 52.9. The number of quaternary nitrogens is 1. The van der Waals surface area contributed by atoms with Gasteiger partial charge in [0, 0.05) is 0 Å². The van der Waals surface area contributed by atoms with Crippen LogP contribution < -0.4 is 0 Å². The predicted octanol–water partition coefficient (Wildman–Crippen LogP) is -14.2. The smallest absolute Gasteiger partial charge is 0.187 e. The van der Waals surface area contributed by atoms with Crippen LogP contribution in [-0.4, -0.2) is 389 Å². The molecule has 478 valence electrons. The molecule has 36 heteroatoms. The molecule has 0 unspecified atom stereocenters. The molecular weight excluding hydrogens is 1130 g/mol. The van der Waals surface area contributed by atoms with Crippen LogP contribution in [0, 0.1) is 0 Å². The van der Waals surface area contributed by atoms with Gasteiger partial charge in [-0.25, -0.2) is 4.84 Å². The monoisotopic (exact) mass is 1210 g/mol. The van der Waals surface area contributed by atoms with Crippen molar-refractivity contribution in [1.29, 1.82) is 0 Å². The summed E-state index contributed by atoms with van der Waals surface area (Å²) in [6.07, 6.45) is -69.6. The average molecular weight is 1210 g/mol. The van der Waals surface area contributed by atoms with Gasteiger partial charge in [0.05, 0.1) is 53.7 Å². The lowest BCUT2D eigenvalue weighted by atomic mass is 9.95. The molecule has 20 N–H and O–H groups in total. The Hall–Kier alpha value is -1.44. The molecule has 0 spiro atoms. The number of hydrogen-bond acceptors (Lipinski definition) is 35. The van der Waals surface area contributed by atoms with Crippen LogP contribution in [0.1, 0.15) is 6.92 Å². The molecule has 0 aliphatic carbocycles. The molecule has 35 atom stereocenters. The summed E-state index contributed by atoms with van der Waals surface area (Å²) in [6, 6.07) is 0. The lowest BCUT2D eigenvalue weighted by Crippen LogP contribution is -2.68. The first-order chi connectivity index (χ1) is 38.9. The maximum atomic E-state index is 11.7. The largest absolute Gasteiger partial charge is 0.394 e. The second-order valence-electron chi connectivity index (χ2n) is 21.7. The maximum Gasteiger partial charge on any atom is 0.187 e. The van der Waals surface area contributed by atoms with Crippen LogP contribution in [0.4, 0.5) is 0 Å². The highest BCUT2D eigenvalue weighted by Gasteiger charge is 2.60. The number of hydrogen-bond donors (Lipinski definition) is 20. The van der Waals surface area contributed by atoms with Crippen molar-refractivity contribution in [2.75, 3.05) is 66.9 Å². The Morgan fingerprint density at radius 1 is 0.256 bits per heavy atom. The molecule has 21 heterocycles. The molecule has 36 nitrogen and oxygen atoms in total. The first-order valence-electron chi connectivity index (χ1n) is 26.7. The van der Waals surface area contributed by atoms with E-state index in [4.69, 9.17) is 71.2 Å². The van der Waals surface area contributed by atoms with Crippen molar-refractivity contribution in [3.63, 3.8) is 0 Å². The average Bonchev–Trinajstić information content (AvgIpc) is 3.18. The Morgan fingerprint density at radius 3 is 0.573 bits per heavy atom. The van der Waals surface area contributed by atoms with Crippen LogP contribution in [0.15, 0.2) is 0 Å². The third-order valence-electron chi connectivity index (χ3n) is 16.0. The van der Waals surface area contributed by atoms with Gasteiger partial charge in [0.2, 0.25) is 0 Å². The molecule has 82 heavy (non-hydrogen) atoms. The van der Waals surface area contributed by atoms with E-state index in [1.807, 2.05) is 0 Å². The molecule has 0 amide bonds. The fourth-order valence-corrected chi connectivity index (χ4v) is 10.8. The van der Waals surface area contributed by atoms with E-state index < -0.39 is 261 Å². The Morgan fingerprint density at radius 2 is 0.415 bits per heavy atom. The molecule has 0 aromatic heterocycles. The van der Waals surface area contributed by atoms with Gasteiger partial charge in [0.15, 0.2) is 44.0 Å². The second-order valence-corrected chi connectivity index (χ2v) is 21.7. The van der Waals surface area contributed by atoms with Gasteiger partial charge in [0.1, 0.15) is 184 Å². The van der Waals surface area contributed by atoms with Crippen molar-refractivity contribution in [1.82, 2.24) is 0 Å². The van der Waals surface area contributed by atoms with E-state index in [-0.39, 0.29) is 4.65 Å². The van der Waals surface area contributed by atoms with Gasteiger partial charge in [-0.15, -0.1) is 0 Å². The van der Waals surface area contributed by atoms with Crippen molar-refractivity contribution >= 4 is 0 Å². The van der Waals surface area contributed by atoms with E-state index in [0.29, 0.717) is 6.54 Å². The first-order valence-corrected chi connectivity index (χ1v) is 26.7. The van der Waals surface area contributed by atoms with Crippen LogP contribution in [0.5, 0.6) is 0 Å². The first kappa shape index (κ1) is 66.5. The number of nitrogens with zero attached hydrogens (tertiary/aromatic N) is 1. The van der Waals surface area contributed by atoms with Crippen molar-refractivity contribution in [3.05, 3.63) is 0 Å². The number of aliphatic hydroxyl groups is 20. The fourth-order valence-electron chi connectivity index (χ4n) is 10.8. The van der Waals surface area contributed by atoms with E-state index in [0.717, 1.165) is 0 Å². The van der Waals surface area contributed by atoms with Crippen LogP contribution >= 0.6 is 0 Å². The summed E-state index contributed by atoms with van der Waals surface area (Å²) in [5.74, 6) is 0. The summed E-state index contributed by atoms with van der Waals surface area (Å²) in [5.41, 5.74) is 0. The van der Waals surface area contributed by atoms with E-state index in [2.05, 4.69) is 0 Å². The SMILES string of the molecule is CC[N+](C)(C)OC[C@H]1O[C@@H]2O[C@H]3[C@@H](O)[C@@H](O)[C@@H](O[C@H]4[C@@H](O)[C@@H](O)[C@@H](O[C@H]5[C@H](O)[C@@H](O)[C@@H](O[C@H]6[C@H](O)[C@@H](O)[C@@H](O[C@H]7[C@H](O)[C@@H](O)[C@@H](O[C@H]8[C@H](O)[C@@H](O)[C@@H](O[C@H]1[C@H](O)[C@H]2O)O[C@@H]8CO)O[C@@H]7CO)O[C@@H]6CO)O[C@@H]5CO)O[C@@H]4CO)O[C@@H]3CO. The minimum Gasteiger partial charge on any atom is -0.394 e. The minimum absolute atomic E-state index is 0.151. The molecule has 0 saturated carbocycles. The van der Waals surface area contributed by atoms with Gasteiger partial charge in [-0.05, 0) is 6.92 Å². The van der Waals surface area contributed by atoms with Crippen LogP contribution in [0.25, 0.3) is 0 Å². The van der Waals surface area contributed by atoms with Gasteiger partial charge >= 0.3 is 0 Å². The zero-order chi connectivity index (χ0) is 60.0. The number of hydroxylamine groups is 3. The summed E-state index contributed by atoms with van der Waals surface area (Å²) in [6.45, 7) is -4.62. The third-order valence-corrected chi connectivity index (χ3v) is 16.0. The molecule has 21 aliphatic heterocycles. The lowest BCUT2D eigenvalue weighted by molar-refractivity contribution is -1.08. The fraction of sp³-hybridized carbons (Fsp3) is 1.00. The van der Waals surface area contributed by atoms with E-state index in [1.165, 1.54) is 0 Å². The molecular formula is C46H80NO35+. The van der Waals surface area contributed by atoms with Crippen LogP contribution in [-0.2, 0) is 71.2 Å². The Bertz CT molecular complexity index is 1960. The van der Waals surface area contributed by atoms with Crippen LogP contribution in [0.2, 0.25) is 0 Å². The summed E-state index contributed by atoms with van der Waals surface area (Å²) in [5, 5.41) is 223. The number of aliphatic hydroxyl groups excluding tert-OH is 20. The lowest BCUT2D eigenvalue weighted by Gasteiger charge is -2.50. The highest BCUT2D eigenvalue weighted by molar-refractivity contribution is 5.01. The number of ether oxygens (including phenoxy) is 14. The standard InChI is InChI=1S/C46H80NO35/c1-4-47(2,3)68-11-18-39-25(60)32(67)46(75-18)81-38-17(10-53)73-44(30(65)23(38)58)79-36-15(8-51)71-42(28(63)21(36)56)77-34-13(6-49)69-40(26(61)19(34)54)76-33-12(5-48)70-41(27(62)20(33)55)78-35-14(7-50)72-43(29(64)22(35)57)80-37-16(9-52)74-45(82-39)31(66)24(37)59/h12-46,48-67H,4-11H2,1-3H3/q+1/t12-,13-,14-,15-,16-,17-,18-,19-,20-,21+,22-,23+,24-,25-,26-,27-,28-,29-,30-,31-,32-,33-,34-,35-,36-,37-,38-,39-,40-,41-,42-,43-,44-,45-,46-/m1/s1. The molecule has 21 aliphatic rings. The molecule has 21 fully saturated rings. The Kier molecular flexibility index (Phi) is 22.7. The van der Waals surface area contributed by atoms with Gasteiger partial charge in [0.25, 0.3) is 0 Å². The van der Waals surface area contributed by atoms with Crippen LogP contribution in [0.3, 0.4) is 0 Å². The quantitative estimate of drug-likeness (QED) is 0.0713. The van der Waals surface area contributed by atoms with Gasteiger partial charge in [-0.1, -0.05) is 0 Å². The summed E-state index contributed by atoms with van der Waals surface area (Å²) in [4.78, 5) is 5.99. The highest BCUT2D eigenvalue weighted by atomic mass is 16.8. The summed E-state index contributed by atoms with van der Waals surface area (Å²) < 4.78 is 80.9. The molecule has 0 radical (unpaired) electrons. The van der Waals surface area contributed by atoms with Gasteiger partial charge in [-0.3, -0.25) is 0 Å². The molecule has 0 aromatic carbocycles. The second kappa shape index (κ2) is 27.9. The Balaban J connectivity index is 1.10. The number of rotatable bonds is 10. The molecule has 21 saturated heterocycles. The Labute approximate surface area is 466 Å². The maximum absolute atomic E-state index is 11.7. The minimum atomic E-state index is -2.21. The summed E-state index contributed by atoms with van der Waals surface area (Å²) >= 11 is 0. The van der Waals surface area contributed by atoms with E-state index in [9.17, 15) is 102 Å². The topological polar surface area (TPSA) is 543 Å².